The lowest BCUT2D eigenvalue weighted by Gasteiger charge is -2.28. The van der Waals surface area contributed by atoms with Gasteiger partial charge in [-0.2, -0.15) is 0 Å². The maximum atomic E-state index is 2.53. The van der Waals surface area contributed by atoms with Crippen molar-refractivity contribution in [1.29, 1.82) is 0 Å². The highest BCUT2D eigenvalue weighted by Gasteiger charge is 2.46. The van der Waals surface area contributed by atoms with Crippen LogP contribution in [0.25, 0.3) is 77.2 Å². The quantitative estimate of drug-likeness (QED) is 0.151. The number of rotatable bonds is 0. The first-order chi connectivity index (χ1) is 23.8. The van der Waals surface area contributed by atoms with E-state index in [0.717, 1.165) is 0 Å². The molecule has 0 bridgehead atoms. The molecule has 3 aliphatic rings. The first kappa shape index (κ1) is 32.7. The molecule has 3 aliphatic carbocycles. The van der Waals surface area contributed by atoms with Gasteiger partial charge in [0.15, 0.2) is 0 Å². The van der Waals surface area contributed by atoms with E-state index >= 15 is 0 Å². The summed E-state index contributed by atoms with van der Waals surface area (Å²) in [5.74, 6) is 0. The van der Waals surface area contributed by atoms with E-state index in [9.17, 15) is 0 Å². The van der Waals surface area contributed by atoms with E-state index in [0.29, 0.717) is 0 Å². The molecule has 0 atom stereocenters. The standard InChI is InChI=1S/C51H54/c1-19-23(5)35-25(7)21(3)29(11)39-43-33(15)49-45(31(13)41(43)37(27(19)9)47(35)39)46-32(14)42-38-28(10)20(2)24(6)36-26(8)22(4)30(12)40(48(36)38)44(42)34(16)50(46)51(49,17)18/h1-18H3. The van der Waals surface area contributed by atoms with Crippen molar-refractivity contribution in [1.82, 2.24) is 0 Å². The monoisotopic (exact) mass is 666 g/mol. The highest BCUT2D eigenvalue weighted by Crippen LogP contribution is 2.66. The first-order valence-corrected chi connectivity index (χ1v) is 19.2. The smallest absolute Gasteiger partial charge is 0.0164 e. The molecule has 0 saturated heterocycles. The summed E-state index contributed by atoms with van der Waals surface area (Å²) in [4.78, 5) is 0. The Morgan fingerprint density at radius 3 is 0.686 bits per heavy atom. The summed E-state index contributed by atoms with van der Waals surface area (Å²) in [6.45, 7) is 43.3. The summed E-state index contributed by atoms with van der Waals surface area (Å²) in [5, 5.41) is 5.98. The van der Waals surface area contributed by atoms with E-state index in [1.165, 1.54) is 166 Å². The number of benzene rings is 6. The Balaban J connectivity index is 1.50. The van der Waals surface area contributed by atoms with Gasteiger partial charge in [0.25, 0.3) is 0 Å². The van der Waals surface area contributed by atoms with Crippen LogP contribution in [0, 0.1) is 111 Å². The molecule has 0 unspecified atom stereocenters. The Hall–Kier alpha value is -4.16. The van der Waals surface area contributed by atoms with Crippen molar-refractivity contribution in [3.63, 3.8) is 0 Å². The van der Waals surface area contributed by atoms with Crippen LogP contribution in [-0.2, 0) is 5.41 Å². The Morgan fingerprint density at radius 2 is 0.431 bits per heavy atom. The summed E-state index contributed by atoms with van der Waals surface area (Å²) in [6, 6.07) is 0. The summed E-state index contributed by atoms with van der Waals surface area (Å²) in [6.07, 6.45) is 0. The average molecular weight is 667 g/mol. The summed E-state index contributed by atoms with van der Waals surface area (Å²) in [7, 11) is 0. The molecule has 0 heterocycles. The average Bonchev–Trinajstić information content (AvgIpc) is 3.70. The lowest BCUT2D eigenvalue weighted by molar-refractivity contribution is 0.651. The summed E-state index contributed by atoms with van der Waals surface area (Å²) in [5.41, 5.74) is 41.3. The van der Waals surface area contributed by atoms with Crippen LogP contribution < -0.4 is 0 Å². The van der Waals surface area contributed by atoms with Gasteiger partial charge < -0.3 is 0 Å². The molecule has 0 heteroatoms. The van der Waals surface area contributed by atoms with Crippen LogP contribution in [0.2, 0.25) is 0 Å². The minimum Gasteiger partial charge on any atom is -0.0516 e. The zero-order valence-corrected chi connectivity index (χ0v) is 34.5. The third-order valence-electron chi connectivity index (χ3n) is 15.5. The van der Waals surface area contributed by atoms with Gasteiger partial charge >= 0.3 is 0 Å². The zero-order chi connectivity index (χ0) is 37.0. The molecule has 258 valence electrons. The third-order valence-corrected chi connectivity index (χ3v) is 15.5. The van der Waals surface area contributed by atoms with Crippen LogP contribution in [0.3, 0.4) is 0 Å². The van der Waals surface area contributed by atoms with Crippen LogP contribution >= 0.6 is 0 Å². The van der Waals surface area contributed by atoms with Gasteiger partial charge in [0.05, 0.1) is 0 Å². The predicted molar refractivity (Wildman–Crippen MR) is 224 cm³/mol. The molecule has 0 radical (unpaired) electrons. The summed E-state index contributed by atoms with van der Waals surface area (Å²) < 4.78 is 0. The maximum absolute atomic E-state index is 2.53. The molecule has 6 aromatic rings. The maximum Gasteiger partial charge on any atom is 0.0164 e. The molecule has 0 N–H and O–H groups in total. The molecular formula is C51H54. The topological polar surface area (TPSA) is 0 Å². The second kappa shape index (κ2) is 9.63. The van der Waals surface area contributed by atoms with Gasteiger partial charge in [-0.05, 0) is 288 Å². The fraction of sp³-hybridized carbons (Fsp3) is 0.373. The first-order valence-electron chi connectivity index (χ1n) is 19.2. The van der Waals surface area contributed by atoms with Gasteiger partial charge in [-0.25, -0.2) is 0 Å². The highest BCUT2D eigenvalue weighted by atomic mass is 14.5. The van der Waals surface area contributed by atoms with E-state index in [1.807, 2.05) is 0 Å². The van der Waals surface area contributed by atoms with Gasteiger partial charge in [-0.3, -0.25) is 0 Å². The number of hydrogen-bond donors (Lipinski definition) is 0. The van der Waals surface area contributed by atoms with Crippen molar-refractivity contribution >= 4 is 21.5 Å². The van der Waals surface area contributed by atoms with Crippen LogP contribution in [0.5, 0.6) is 0 Å². The van der Waals surface area contributed by atoms with Crippen molar-refractivity contribution in [3.8, 4) is 55.6 Å². The molecular weight excluding hydrogens is 613 g/mol. The zero-order valence-electron chi connectivity index (χ0n) is 34.5. The van der Waals surface area contributed by atoms with E-state index in [-0.39, 0.29) is 5.41 Å². The fourth-order valence-corrected chi connectivity index (χ4v) is 12.2. The van der Waals surface area contributed by atoms with Crippen molar-refractivity contribution in [2.24, 2.45) is 0 Å². The third kappa shape index (κ3) is 3.28. The van der Waals surface area contributed by atoms with Crippen molar-refractivity contribution < 1.29 is 0 Å². The normalized spacial score (nSPS) is 14.2. The van der Waals surface area contributed by atoms with E-state index in [4.69, 9.17) is 0 Å². The van der Waals surface area contributed by atoms with Crippen LogP contribution in [0.1, 0.15) is 114 Å². The van der Waals surface area contributed by atoms with E-state index in [1.54, 1.807) is 11.1 Å². The predicted octanol–water partition coefficient (Wildman–Crippen LogP) is 14.5. The molecule has 0 saturated carbocycles. The largest absolute Gasteiger partial charge is 0.0516 e. The van der Waals surface area contributed by atoms with Crippen molar-refractivity contribution in [2.75, 3.05) is 0 Å². The lowest BCUT2D eigenvalue weighted by Crippen LogP contribution is -2.19. The fourth-order valence-electron chi connectivity index (χ4n) is 12.2. The van der Waals surface area contributed by atoms with Crippen molar-refractivity contribution in [2.45, 2.75) is 130 Å². The summed E-state index contributed by atoms with van der Waals surface area (Å²) >= 11 is 0. The Morgan fingerprint density at radius 1 is 0.196 bits per heavy atom. The van der Waals surface area contributed by atoms with Crippen LogP contribution in [-0.4, -0.2) is 0 Å². The SMILES string of the molecule is Cc1c2c(c(C)c3c1-c1c(C)c4c(c(C)c1C3(C)C)-c1c(C)c(C)c(C)c3c(C)c(C)c(C)c-4c13)-c1c(C)c(C)c(C)c3c(C)c(C)c(C)c-2c13. The van der Waals surface area contributed by atoms with Gasteiger partial charge in [-0.1, -0.05) is 13.8 Å². The molecule has 0 nitrogen and oxygen atoms in total. The molecule has 0 spiro atoms. The second-order valence-electron chi connectivity index (χ2n) is 17.6. The van der Waals surface area contributed by atoms with E-state index < -0.39 is 0 Å². The second-order valence-corrected chi connectivity index (χ2v) is 17.6. The molecule has 51 heavy (non-hydrogen) atoms. The molecule has 0 aliphatic heterocycles. The number of aryl methyl sites for hydroxylation is 4. The van der Waals surface area contributed by atoms with Gasteiger partial charge in [0.1, 0.15) is 0 Å². The highest BCUT2D eigenvalue weighted by molar-refractivity contribution is 6.24. The number of hydrogen-bond acceptors (Lipinski definition) is 0. The molecule has 6 aromatic carbocycles. The van der Waals surface area contributed by atoms with Crippen molar-refractivity contribution in [3.05, 3.63) is 100 Å². The molecule has 9 rings (SSSR count). The van der Waals surface area contributed by atoms with Crippen LogP contribution in [0.15, 0.2) is 0 Å². The Kier molecular flexibility index (Phi) is 6.18. The lowest BCUT2D eigenvalue weighted by atomic mass is 9.74. The van der Waals surface area contributed by atoms with Gasteiger partial charge in [0.2, 0.25) is 0 Å². The van der Waals surface area contributed by atoms with Gasteiger partial charge in [0, 0.05) is 5.41 Å². The molecule has 0 aromatic heterocycles. The molecule has 0 fully saturated rings. The van der Waals surface area contributed by atoms with E-state index in [2.05, 4.69) is 125 Å². The van der Waals surface area contributed by atoms with Gasteiger partial charge in [-0.15, -0.1) is 0 Å². The van der Waals surface area contributed by atoms with Crippen LogP contribution in [0.4, 0.5) is 0 Å². The number of fused-ring (bicyclic) bond motifs is 9. The minimum absolute atomic E-state index is 0.136. The Bertz CT molecular complexity index is 2580. The minimum atomic E-state index is -0.136. The Labute approximate surface area is 306 Å². The molecule has 0 amide bonds.